The predicted octanol–water partition coefficient (Wildman–Crippen LogP) is 2.85. The number of halogens is 1. The SMILES string of the molecule is COc1cccc(N2C(=O)OC(c3ccc(F)cc3)C2O)c1. The summed E-state index contributed by atoms with van der Waals surface area (Å²) >= 11 is 0. The van der Waals surface area contributed by atoms with Crippen LogP contribution in [0.2, 0.25) is 0 Å². The zero-order valence-corrected chi connectivity index (χ0v) is 11.8. The lowest BCUT2D eigenvalue weighted by Crippen LogP contribution is -2.33. The number of carbonyl (C=O) groups excluding carboxylic acids is 1. The van der Waals surface area contributed by atoms with Gasteiger partial charge in [-0.3, -0.25) is 0 Å². The zero-order chi connectivity index (χ0) is 15.7. The van der Waals surface area contributed by atoms with E-state index in [9.17, 15) is 14.3 Å². The number of hydrogen-bond acceptors (Lipinski definition) is 4. The first-order valence-corrected chi connectivity index (χ1v) is 6.67. The lowest BCUT2D eigenvalue weighted by molar-refractivity contribution is 0.0618. The number of anilines is 1. The number of ether oxygens (including phenoxy) is 2. The second kappa shape index (κ2) is 5.65. The van der Waals surface area contributed by atoms with E-state index in [1.165, 1.54) is 31.4 Å². The molecule has 0 aliphatic carbocycles. The van der Waals surface area contributed by atoms with E-state index in [0.29, 0.717) is 17.0 Å². The van der Waals surface area contributed by atoms with Gasteiger partial charge < -0.3 is 14.6 Å². The first kappa shape index (κ1) is 14.3. The minimum atomic E-state index is -1.20. The van der Waals surface area contributed by atoms with Crippen molar-refractivity contribution in [2.75, 3.05) is 12.0 Å². The van der Waals surface area contributed by atoms with E-state index in [1.54, 1.807) is 24.3 Å². The summed E-state index contributed by atoms with van der Waals surface area (Å²) in [6.45, 7) is 0. The topological polar surface area (TPSA) is 59.0 Å². The minimum Gasteiger partial charge on any atom is -0.497 e. The van der Waals surface area contributed by atoms with Gasteiger partial charge in [0.25, 0.3) is 0 Å². The van der Waals surface area contributed by atoms with Crippen molar-refractivity contribution in [1.82, 2.24) is 0 Å². The molecule has 5 nitrogen and oxygen atoms in total. The Balaban J connectivity index is 1.90. The first-order valence-electron chi connectivity index (χ1n) is 6.67. The summed E-state index contributed by atoms with van der Waals surface area (Å²) in [5, 5.41) is 10.4. The minimum absolute atomic E-state index is 0.396. The van der Waals surface area contributed by atoms with Gasteiger partial charge in [0.1, 0.15) is 11.6 Å². The van der Waals surface area contributed by atoms with E-state index in [4.69, 9.17) is 9.47 Å². The van der Waals surface area contributed by atoms with Crippen LogP contribution in [0.4, 0.5) is 14.9 Å². The molecule has 0 spiro atoms. The van der Waals surface area contributed by atoms with Gasteiger partial charge in [-0.2, -0.15) is 0 Å². The number of aliphatic hydroxyl groups is 1. The Labute approximate surface area is 126 Å². The van der Waals surface area contributed by atoms with Gasteiger partial charge >= 0.3 is 6.09 Å². The van der Waals surface area contributed by atoms with Crippen molar-refractivity contribution in [3.63, 3.8) is 0 Å². The van der Waals surface area contributed by atoms with Crippen molar-refractivity contribution >= 4 is 11.8 Å². The van der Waals surface area contributed by atoms with E-state index in [1.807, 2.05) is 0 Å². The van der Waals surface area contributed by atoms with E-state index >= 15 is 0 Å². The molecule has 1 aliphatic heterocycles. The summed E-state index contributed by atoms with van der Waals surface area (Å²) in [6.07, 6.45) is -2.75. The fourth-order valence-electron chi connectivity index (χ4n) is 2.38. The maximum Gasteiger partial charge on any atom is 0.417 e. The van der Waals surface area contributed by atoms with Crippen molar-refractivity contribution < 1.29 is 23.8 Å². The summed E-state index contributed by atoms with van der Waals surface area (Å²) < 4.78 is 23.3. The maximum atomic E-state index is 13.0. The number of nitrogens with zero attached hydrogens (tertiary/aromatic N) is 1. The Bertz CT molecular complexity index is 689. The van der Waals surface area contributed by atoms with Gasteiger partial charge in [0.05, 0.1) is 12.8 Å². The molecule has 114 valence electrons. The van der Waals surface area contributed by atoms with Gasteiger partial charge in [-0.15, -0.1) is 0 Å². The molecular formula is C16H14FNO4. The molecule has 2 unspecified atom stereocenters. The fraction of sp³-hybridized carbons (Fsp3) is 0.188. The average Bonchev–Trinajstić information content (AvgIpc) is 2.83. The van der Waals surface area contributed by atoms with Crippen LogP contribution in [0.1, 0.15) is 11.7 Å². The van der Waals surface area contributed by atoms with Gasteiger partial charge in [-0.1, -0.05) is 18.2 Å². The largest absolute Gasteiger partial charge is 0.497 e. The van der Waals surface area contributed by atoms with Crippen LogP contribution in [-0.4, -0.2) is 24.5 Å². The van der Waals surface area contributed by atoms with Crippen molar-refractivity contribution in [3.8, 4) is 5.75 Å². The van der Waals surface area contributed by atoms with Crippen LogP contribution in [0.25, 0.3) is 0 Å². The lowest BCUT2D eigenvalue weighted by atomic mass is 10.1. The number of cyclic esters (lactones) is 1. The van der Waals surface area contributed by atoms with Crippen LogP contribution in [0.15, 0.2) is 48.5 Å². The average molecular weight is 303 g/mol. The number of methoxy groups -OCH3 is 1. The summed E-state index contributed by atoms with van der Waals surface area (Å²) in [4.78, 5) is 13.2. The van der Waals surface area contributed by atoms with Crippen LogP contribution in [0, 0.1) is 5.82 Å². The van der Waals surface area contributed by atoms with Crippen LogP contribution in [0.3, 0.4) is 0 Å². The van der Waals surface area contributed by atoms with Crippen molar-refractivity contribution in [2.45, 2.75) is 12.3 Å². The van der Waals surface area contributed by atoms with E-state index in [2.05, 4.69) is 0 Å². The van der Waals surface area contributed by atoms with Crippen molar-refractivity contribution in [3.05, 3.63) is 59.9 Å². The maximum absolute atomic E-state index is 13.0. The highest BCUT2D eigenvalue weighted by Crippen LogP contribution is 2.35. The van der Waals surface area contributed by atoms with Crippen molar-refractivity contribution in [1.29, 1.82) is 0 Å². The Hall–Kier alpha value is -2.60. The zero-order valence-electron chi connectivity index (χ0n) is 11.8. The standard InChI is InChI=1S/C16H14FNO4/c1-21-13-4-2-3-12(9-13)18-15(19)14(22-16(18)20)10-5-7-11(17)8-6-10/h2-9,14-15,19H,1H3. The smallest absolute Gasteiger partial charge is 0.417 e. The van der Waals surface area contributed by atoms with E-state index in [0.717, 1.165) is 4.90 Å². The quantitative estimate of drug-likeness (QED) is 0.947. The Kier molecular flexibility index (Phi) is 3.68. The highest BCUT2D eigenvalue weighted by molar-refractivity contribution is 5.90. The number of amides is 1. The number of aliphatic hydroxyl groups excluding tert-OH is 1. The summed E-state index contributed by atoms with van der Waals surface area (Å²) in [5.74, 6) is 0.162. The Morgan fingerprint density at radius 2 is 1.95 bits per heavy atom. The van der Waals surface area contributed by atoms with Crippen LogP contribution >= 0.6 is 0 Å². The number of rotatable bonds is 3. The normalized spacial score (nSPS) is 20.9. The van der Waals surface area contributed by atoms with Gasteiger partial charge in [0.2, 0.25) is 0 Å². The molecule has 2 aromatic rings. The lowest BCUT2D eigenvalue weighted by Gasteiger charge is -2.20. The first-order chi connectivity index (χ1) is 10.6. The third-order valence-electron chi connectivity index (χ3n) is 3.49. The molecule has 3 rings (SSSR count). The molecule has 1 N–H and O–H groups in total. The molecule has 0 radical (unpaired) electrons. The molecule has 22 heavy (non-hydrogen) atoms. The van der Waals surface area contributed by atoms with Crippen LogP contribution in [-0.2, 0) is 4.74 Å². The Morgan fingerprint density at radius 3 is 2.64 bits per heavy atom. The molecule has 0 bridgehead atoms. The number of benzene rings is 2. The third-order valence-corrected chi connectivity index (χ3v) is 3.49. The molecule has 1 amide bonds. The molecule has 0 aromatic heterocycles. The molecule has 1 heterocycles. The molecule has 2 aromatic carbocycles. The molecule has 1 saturated heterocycles. The summed E-state index contributed by atoms with van der Waals surface area (Å²) in [6, 6.07) is 12.2. The van der Waals surface area contributed by atoms with Crippen LogP contribution in [0.5, 0.6) is 5.75 Å². The monoisotopic (exact) mass is 303 g/mol. The van der Waals surface area contributed by atoms with Crippen molar-refractivity contribution in [2.24, 2.45) is 0 Å². The molecule has 1 fully saturated rings. The van der Waals surface area contributed by atoms with E-state index < -0.39 is 24.2 Å². The van der Waals surface area contributed by atoms with Gasteiger partial charge in [0, 0.05) is 6.07 Å². The molecule has 0 saturated carbocycles. The second-order valence-corrected chi connectivity index (χ2v) is 4.84. The highest BCUT2D eigenvalue weighted by atomic mass is 19.1. The molecule has 1 aliphatic rings. The number of hydrogen-bond donors (Lipinski definition) is 1. The van der Waals surface area contributed by atoms with Gasteiger partial charge in [0.15, 0.2) is 12.3 Å². The van der Waals surface area contributed by atoms with E-state index in [-0.39, 0.29) is 0 Å². The molecular weight excluding hydrogens is 289 g/mol. The van der Waals surface area contributed by atoms with Gasteiger partial charge in [-0.05, 0) is 29.8 Å². The van der Waals surface area contributed by atoms with Crippen LogP contribution < -0.4 is 9.64 Å². The fourth-order valence-corrected chi connectivity index (χ4v) is 2.38. The Morgan fingerprint density at radius 1 is 1.23 bits per heavy atom. The highest BCUT2D eigenvalue weighted by Gasteiger charge is 2.42. The number of carbonyl (C=O) groups is 1. The van der Waals surface area contributed by atoms with Gasteiger partial charge in [-0.25, -0.2) is 14.1 Å². The molecule has 2 atom stereocenters. The second-order valence-electron chi connectivity index (χ2n) is 4.84. The summed E-state index contributed by atoms with van der Waals surface area (Å²) in [7, 11) is 1.51. The molecule has 6 heteroatoms. The summed E-state index contributed by atoms with van der Waals surface area (Å²) in [5.41, 5.74) is 0.981. The predicted molar refractivity (Wildman–Crippen MR) is 77.1 cm³/mol. The third kappa shape index (κ3) is 2.48.